The largest absolute Gasteiger partial charge is 0.373 e. The van der Waals surface area contributed by atoms with Gasteiger partial charge in [-0.1, -0.05) is 13.0 Å². The van der Waals surface area contributed by atoms with Gasteiger partial charge in [-0.05, 0) is 6.42 Å². The van der Waals surface area contributed by atoms with Crippen molar-refractivity contribution in [2.75, 3.05) is 19.8 Å². The van der Waals surface area contributed by atoms with Gasteiger partial charge in [-0.2, -0.15) is 5.10 Å². The average molecular weight is 154 g/mol. The van der Waals surface area contributed by atoms with Crippen LogP contribution < -0.4 is 0 Å². The first-order chi connectivity index (χ1) is 5.38. The van der Waals surface area contributed by atoms with E-state index in [4.69, 9.17) is 4.74 Å². The number of nitrogens with zero attached hydrogens (tertiary/aromatic N) is 2. The Morgan fingerprint density at radius 2 is 2.64 bits per heavy atom. The number of hydrogen-bond acceptors (Lipinski definition) is 3. The smallest absolute Gasteiger partial charge is 0.0881 e. The van der Waals surface area contributed by atoms with Crippen molar-refractivity contribution >= 4 is 6.72 Å². The Hall–Kier alpha value is -0.830. The maximum absolute atomic E-state index is 5.27. The first-order valence-corrected chi connectivity index (χ1v) is 3.89. The molecule has 1 saturated heterocycles. The van der Waals surface area contributed by atoms with Crippen LogP contribution in [0.3, 0.4) is 0 Å². The van der Waals surface area contributed by atoms with E-state index >= 15 is 0 Å². The van der Waals surface area contributed by atoms with E-state index in [0.29, 0.717) is 6.61 Å². The molecule has 0 aromatic heterocycles. The first kappa shape index (κ1) is 8.27. The Morgan fingerprint density at radius 3 is 3.27 bits per heavy atom. The van der Waals surface area contributed by atoms with Crippen molar-refractivity contribution in [1.29, 1.82) is 0 Å². The molecule has 0 aliphatic carbocycles. The van der Waals surface area contributed by atoms with Gasteiger partial charge in [-0.15, -0.1) is 0 Å². The lowest BCUT2D eigenvalue weighted by molar-refractivity contribution is 0.0748. The van der Waals surface area contributed by atoms with Gasteiger partial charge in [-0.3, -0.25) is 5.01 Å². The summed E-state index contributed by atoms with van der Waals surface area (Å²) < 4.78 is 5.27. The van der Waals surface area contributed by atoms with E-state index < -0.39 is 0 Å². The standard InChI is InChI=1S/C8H14N2O/c1-3-4-8-7-11-6-5-10(8)9-2/h4H,2-3,5-7H2,1H3/b8-4-. The summed E-state index contributed by atoms with van der Waals surface area (Å²) in [6.45, 7) is 7.85. The predicted octanol–water partition coefficient (Wildman–Crippen LogP) is 1.23. The summed E-state index contributed by atoms with van der Waals surface area (Å²) in [7, 11) is 0. The van der Waals surface area contributed by atoms with Crippen molar-refractivity contribution in [3.05, 3.63) is 11.8 Å². The van der Waals surface area contributed by atoms with Crippen LogP contribution in [0.15, 0.2) is 16.9 Å². The molecule has 1 heterocycles. The van der Waals surface area contributed by atoms with Crippen molar-refractivity contribution in [2.24, 2.45) is 5.10 Å². The van der Waals surface area contributed by atoms with E-state index in [1.54, 1.807) is 0 Å². The van der Waals surface area contributed by atoms with Crippen LogP contribution in [0.5, 0.6) is 0 Å². The molecule has 1 rings (SSSR count). The third-order valence-corrected chi connectivity index (χ3v) is 1.64. The van der Waals surface area contributed by atoms with E-state index in [-0.39, 0.29) is 0 Å². The van der Waals surface area contributed by atoms with E-state index in [1.165, 1.54) is 0 Å². The van der Waals surface area contributed by atoms with Gasteiger partial charge in [0.1, 0.15) is 0 Å². The molecule has 1 aliphatic rings. The third kappa shape index (κ3) is 2.05. The number of rotatable bonds is 2. The van der Waals surface area contributed by atoms with Crippen molar-refractivity contribution < 1.29 is 4.74 Å². The normalized spacial score (nSPS) is 22.3. The van der Waals surface area contributed by atoms with Crippen molar-refractivity contribution in [2.45, 2.75) is 13.3 Å². The van der Waals surface area contributed by atoms with Crippen molar-refractivity contribution in [3.63, 3.8) is 0 Å². The van der Waals surface area contributed by atoms with E-state index in [0.717, 1.165) is 25.3 Å². The minimum absolute atomic E-state index is 0.673. The van der Waals surface area contributed by atoms with Crippen LogP contribution >= 0.6 is 0 Å². The highest BCUT2D eigenvalue weighted by molar-refractivity contribution is 5.23. The number of morpholine rings is 1. The molecule has 62 valence electrons. The molecule has 0 bridgehead atoms. The second-order valence-corrected chi connectivity index (χ2v) is 2.42. The molecule has 11 heavy (non-hydrogen) atoms. The second-order valence-electron chi connectivity index (χ2n) is 2.42. The fourth-order valence-electron chi connectivity index (χ4n) is 1.11. The molecule has 0 unspecified atom stereocenters. The molecule has 0 atom stereocenters. The molecule has 3 nitrogen and oxygen atoms in total. The van der Waals surface area contributed by atoms with Crippen LogP contribution in [0.4, 0.5) is 0 Å². The van der Waals surface area contributed by atoms with Gasteiger partial charge in [-0.25, -0.2) is 0 Å². The number of ether oxygens (including phenoxy) is 1. The fourth-order valence-corrected chi connectivity index (χ4v) is 1.11. The summed E-state index contributed by atoms with van der Waals surface area (Å²) in [6.07, 6.45) is 3.14. The Morgan fingerprint density at radius 1 is 1.82 bits per heavy atom. The third-order valence-electron chi connectivity index (χ3n) is 1.64. The minimum atomic E-state index is 0.673. The number of hydrogen-bond donors (Lipinski definition) is 0. The van der Waals surface area contributed by atoms with Crippen LogP contribution in [-0.2, 0) is 4.74 Å². The van der Waals surface area contributed by atoms with Gasteiger partial charge in [0.2, 0.25) is 0 Å². The highest BCUT2D eigenvalue weighted by Crippen LogP contribution is 2.10. The Bertz CT molecular complexity index is 165. The first-order valence-electron chi connectivity index (χ1n) is 3.89. The number of allylic oxidation sites excluding steroid dienone is 1. The van der Waals surface area contributed by atoms with Crippen LogP contribution in [-0.4, -0.2) is 31.5 Å². The molecule has 0 aromatic rings. The molecule has 0 radical (unpaired) electrons. The molecule has 0 aromatic carbocycles. The zero-order valence-electron chi connectivity index (χ0n) is 6.92. The van der Waals surface area contributed by atoms with Crippen LogP contribution in [0.1, 0.15) is 13.3 Å². The average Bonchev–Trinajstić information content (AvgIpc) is 2.06. The Kier molecular flexibility index (Phi) is 3.11. The minimum Gasteiger partial charge on any atom is -0.373 e. The molecule has 0 amide bonds. The Labute approximate surface area is 67.3 Å². The fraction of sp³-hybridized carbons (Fsp3) is 0.625. The number of hydrazone groups is 1. The quantitative estimate of drug-likeness (QED) is 0.559. The van der Waals surface area contributed by atoms with Crippen molar-refractivity contribution in [3.8, 4) is 0 Å². The lowest BCUT2D eigenvalue weighted by Crippen LogP contribution is -2.30. The maximum Gasteiger partial charge on any atom is 0.0881 e. The lowest BCUT2D eigenvalue weighted by Gasteiger charge is -2.26. The van der Waals surface area contributed by atoms with E-state index in [2.05, 4.69) is 24.8 Å². The van der Waals surface area contributed by atoms with Gasteiger partial charge in [0.05, 0.1) is 25.5 Å². The molecule has 3 heteroatoms. The van der Waals surface area contributed by atoms with Crippen LogP contribution in [0.2, 0.25) is 0 Å². The second kappa shape index (κ2) is 4.13. The topological polar surface area (TPSA) is 24.8 Å². The highest BCUT2D eigenvalue weighted by Gasteiger charge is 2.12. The molecular formula is C8H14N2O. The molecule has 0 saturated carbocycles. The molecule has 0 N–H and O–H groups in total. The summed E-state index contributed by atoms with van der Waals surface area (Å²) in [4.78, 5) is 0. The van der Waals surface area contributed by atoms with Gasteiger partial charge >= 0.3 is 0 Å². The maximum atomic E-state index is 5.27. The molecule has 1 fully saturated rings. The van der Waals surface area contributed by atoms with Crippen LogP contribution in [0, 0.1) is 0 Å². The van der Waals surface area contributed by atoms with E-state index in [9.17, 15) is 0 Å². The summed E-state index contributed by atoms with van der Waals surface area (Å²) in [6, 6.07) is 0. The highest BCUT2D eigenvalue weighted by atomic mass is 16.5. The summed E-state index contributed by atoms with van der Waals surface area (Å²) in [5.41, 5.74) is 1.13. The van der Waals surface area contributed by atoms with Crippen LogP contribution in [0.25, 0.3) is 0 Å². The summed E-state index contributed by atoms with van der Waals surface area (Å²) >= 11 is 0. The summed E-state index contributed by atoms with van der Waals surface area (Å²) in [5, 5.41) is 5.78. The van der Waals surface area contributed by atoms with E-state index in [1.807, 2.05) is 5.01 Å². The predicted molar refractivity (Wildman–Crippen MR) is 45.4 cm³/mol. The zero-order chi connectivity index (χ0) is 8.10. The molecule has 1 aliphatic heterocycles. The monoisotopic (exact) mass is 154 g/mol. The van der Waals surface area contributed by atoms with Gasteiger partial charge in [0, 0.05) is 6.72 Å². The zero-order valence-corrected chi connectivity index (χ0v) is 6.92. The van der Waals surface area contributed by atoms with Crippen molar-refractivity contribution in [1.82, 2.24) is 5.01 Å². The molecular weight excluding hydrogens is 140 g/mol. The lowest BCUT2D eigenvalue weighted by atomic mass is 10.3. The van der Waals surface area contributed by atoms with Gasteiger partial charge in [0.15, 0.2) is 0 Å². The Balaban J connectivity index is 2.58. The van der Waals surface area contributed by atoms with Gasteiger partial charge < -0.3 is 4.74 Å². The summed E-state index contributed by atoms with van der Waals surface area (Å²) in [5.74, 6) is 0. The van der Waals surface area contributed by atoms with Gasteiger partial charge in [0.25, 0.3) is 0 Å². The molecule has 0 spiro atoms. The SMILES string of the molecule is C=NN1CCOC/C1=C/CC.